The molecule has 1 N–H and O–H groups in total. The van der Waals surface area contributed by atoms with E-state index in [9.17, 15) is 13.2 Å². The summed E-state index contributed by atoms with van der Waals surface area (Å²) in [4.78, 5) is 16.7. The number of hydrogen-bond acceptors (Lipinski definition) is 5. The van der Waals surface area contributed by atoms with Crippen LogP contribution in [0.25, 0.3) is 0 Å². The average molecular weight is 392 g/mol. The normalized spacial score (nSPS) is 16.7. The van der Waals surface area contributed by atoms with Crippen molar-refractivity contribution in [2.24, 2.45) is 0 Å². The number of carbonyl (C=O) groups excluding carboxylic acids is 1. The number of piperidine rings is 1. The Labute approximate surface area is 159 Å². The van der Waals surface area contributed by atoms with Gasteiger partial charge < -0.3 is 14.6 Å². The molecule has 9 heteroatoms. The summed E-state index contributed by atoms with van der Waals surface area (Å²) in [5, 5.41) is 2.77. The third kappa shape index (κ3) is 4.14. The Kier molecular flexibility index (Phi) is 5.81. The van der Waals surface area contributed by atoms with Gasteiger partial charge in [-0.25, -0.2) is 13.4 Å². The number of rotatable bonds is 6. The van der Waals surface area contributed by atoms with Crippen molar-refractivity contribution in [1.29, 1.82) is 0 Å². The molecule has 0 radical (unpaired) electrons. The number of ether oxygens (including phenoxy) is 1. The van der Waals surface area contributed by atoms with E-state index >= 15 is 0 Å². The van der Waals surface area contributed by atoms with Gasteiger partial charge >= 0.3 is 0 Å². The Bertz CT molecular complexity index is 890. The first kappa shape index (κ1) is 19.4. The summed E-state index contributed by atoms with van der Waals surface area (Å²) in [5.41, 5.74) is 0.326. The van der Waals surface area contributed by atoms with Gasteiger partial charge in [0.05, 0.1) is 24.0 Å². The zero-order valence-corrected chi connectivity index (χ0v) is 16.3. The molecule has 1 unspecified atom stereocenters. The summed E-state index contributed by atoms with van der Waals surface area (Å²) < 4.78 is 34.3. The largest absolute Gasteiger partial charge is 0.495 e. The number of nitrogens with one attached hydrogen (secondary N) is 1. The van der Waals surface area contributed by atoms with Crippen molar-refractivity contribution in [3.05, 3.63) is 36.9 Å². The van der Waals surface area contributed by atoms with Crippen LogP contribution < -0.4 is 10.1 Å². The molecule has 146 valence electrons. The number of nitrogens with zero attached hydrogens (tertiary/aromatic N) is 3. The van der Waals surface area contributed by atoms with E-state index in [0.29, 0.717) is 24.5 Å². The number of aromatic nitrogens is 2. The summed E-state index contributed by atoms with van der Waals surface area (Å²) >= 11 is 0. The maximum atomic E-state index is 12.9. The highest BCUT2D eigenvalue weighted by Gasteiger charge is 2.27. The van der Waals surface area contributed by atoms with Gasteiger partial charge in [0.2, 0.25) is 15.9 Å². The molecule has 1 saturated heterocycles. The molecule has 0 aliphatic carbocycles. The number of carbonyl (C=O) groups is 1. The molecule has 0 spiro atoms. The average Bonchev–Trinajstić information content (AvgIpc) is 3.22. The number of hydrogen-bond donors (Lipinski definition) is 1. The van der Waals surface area contributed by atoms with Crippen LogP contribution in [-0.4, -0.2) is 48.4 Å². The van der Waals surface area contributed by atoms with E-state index in [1.807, 2.05) is 0 Å². The molecule has 1 aromatic heterocycles. The van der Waals surface area contributed by atoms with Crippen molar-refractivity contribution in [3.8, 4) is 5.75 Å². The molecular weight excluding hydrogens is 368 g/mol. The van der Waals surface area contributed by atoms with Crippen LogP contribution in [0.15, 0.2) is 41.8 Å². The molecule has 8 nitrogen and oxygen atoms in total. The third-order valence-electron chi connectivity index (χ3n) is 4.73. The minimum Gasteiger partial charge on any atom is -0.495 e. The Morgan fingerprint density at radius 2 is 2.00 bits per heavy atom. The fourth-order valence-corrected chi connectivity index (χ4v) is 4.61. The number of methoxy groups -OCH3 is 1. The first-order valence-electron chi connectivity index (χ1n) is 8.90. The molecule has 0 saturated carbocycles. The summed E-state index contributed by atoms with van der Waals surface area (Å²) in [7, 11) is -2.12. The molecule has 3 rings (SSSR count). The molecule has 1 aliphatic rings. The van der Waals surface area contributed by atoms with Gasteiger partial charge in [-0.05, 0) is 38.0 Å². The van der Waals surface area contributed by atoms with Gasteiger partial charge in [0.25, 0.3) is 0 Å². The van der Waals surface area contributed by atoms with Gasteiger partial charge in [0.1, 0.15) is 11.8 Å². The molecule has 1 fully saturated rings. The molecule has 1 aliphatic heterocycles. The van der Waals surface area contributed by atoms with Crippen LogP contribution in [0.3, 0.4) is 0 Å². The number of benzene rings is 1. The molecule has 1 atom stereocenters. The van der Waals surface area contributed by atoms with E-state index < -0.39 is 16.1 Å². The Morgan fingerprint density at radius 3 is 2.63 bits per heavy atom. The molecule has 2 heterocycles. The highest BCUT2D eigenvalue weighted by atomic mass is 32.2. The van der Waals surface area contributed by atoms with E-state index in [-0.39, 0.29) is 10.8 Å². The fourth-order valence-electron chi connectivity index (χ4n) is 3.07. The van der Waals surface area contributed by atoms with E-state index in [0.717, 1.165) is 19.3 Å². The summed E-state index contributed by atoms with van der Waals surface area (Å²) in [6.07, 6.45) is 7.61. The highest BCUT2D eigenvalue weighted by molar-refractivity contribution is 7.89. The molecule has 1 aromatic carbocycles. The smallest absolute Gasteiger partial charge is 0.247 e. The van der Waals surface area contributed by atoms with Gasteiger partial charge in [0.15, 0.2) is 0 Å². The maximum Gasteiger partial charge on any atom is 0.247 e. The predicted molar refractivity (Wildman–Crippen MR) is 101 cm³/mol. The van der Waals surface area contributed by atoms with Crippen LogP contribution in [0.2, 0.25) is 0 Å². The first-order chi connectivity index (χ1) is 12.9. The summed E-state index contributed by atoms with van der Waals surface area (Å²) in [5.74, 6) is 0.109. The number of anilines is 1. The quantitative estimate of drug-likeness (QED) is 0.814. The van der Waals surface area contributed by atoms with Gasteiger partial charge in [-0.1, -0.05) is 6.42 Å². The molecule has 27 heavy (non-hydrogen) atoms. The van der Waals surface area contributed by atoms with Crippen LogP contribution in [0.4, 0.5) is 5.69 Å². The first-order valence-corrected chi connectivity index (χ1v) is 10.3. The van der Waals surface area contributed by atoms with Crippen molar-refractivity contribution in [1.82, 2.24) is 13.9 Å². The minimum atomic E-state index is -3.60. The fraction of sp³-hybridized carbons (Fsp3) is 0.444. The lowest BCUT2D eigenvalue weighted by atomic mass is 10.2. The van der Waals surface area contributed by atoms with Crippen LogP contribution in [0.1, 0.15) is 32.2 Å². The molecule has 2 aromatic rings. The van der Waals surface area contributed by atoms with Gasteiger partial charge in [-0.2, -0.15) is 4.31 Å². The van der Waals surface area contributed by atoms with Crippen LogP contribution in [0.5, 0.6) is 5.75 Å². The standard InChI is InChI=1S/C18H24N4O4S/c1-14(21-11-8-19-13-21)18(23)20-16-12-15(6-7-17(16)26-2)27(24,25)22-9-4-3-5-10-22/h6-8,11-14H,3-5,9-10H2,1-2H3,(H,20,23). The van der Waals surface area contributed by atoms with Crippen LogP contribution in [-0.2, 0) is 14.8 Å². The van der Waals surface area contributed by atoms with E-state index in [1.54, 1.807) is 36.3 Å². The zero-order chi connectivity index (χ0) is 19.4. The van der Waals surface area contributed by atoms with Crippen molar-refractivity contribution < 1.29 is 17.9 Å². The molecule has 1 amide bonds. The zero-order valence-electron chi connectivity index (χ0n) is 15.5. The van der Waals surface area contributed by atoms with Crippen LogP contribution >= 0.6 is 0 Å². The Morgan fingerprint density at radius 1 is 1.26 bits per heavy atom. The second-order valence-electron chi connectivity index (χ2n) is 6.50. The maximum absolute atomic E-state index is 12.9. The van der Waals surface area contributed by atoms with Crippen molar-refractivity contribution in [2.45, 2.75) is 37.1 Å². The SMILES string of the molecule is COc1ccc(S(=O)(=O)N2CCCCC2)cc1NC(=O)C(C)n1ccnc1. The lowest BCUT2D eigenvalue weighted by Gasteiger charge is -2.26. The number of imidazole rings is 1. The van der Waals surface area contributed by atoms with Gasteiger partial charge in [-0.3, -0.25) is 4.79 Å². The van der Waals surface area contributed by atoms with Crippen molar-refractivity contribution >= 4 is 21.6 Å². The number of sulfonamides is 1. The number of amides is 1. The van der Waals surface area contributed by atoms with Crippen LogP contribution in [0, 0.1) is 0 Å². The van der Waals surface area contributed by atoms with Crippen molar-refractivity contribution in [2.75, 3.05) is 25.5 Å². The van der Waals surface area contributed by atoms with E-state index in [4.69, 9.17) is 4.74 Å². The van der Waals surface area contributed by atoms with E-state index in [2.05, 4.69) is 10.3 Å². The highest BCUT2D eigenvalue weighted by Crippen LogP contribution is 2.30. The minimum absolute atomic E-state index is 0.149. The second-order valence-corrected chi connectivity index (χ2v) is 8.44. The summed E-state index contributed by atoms with van der Waals surface area (Å²) in [6, 6.07) is 4.03. The Hall–Kier alpha value is -2.39. The van der Waals surface area contributed by atoms with Gasteiger partial charge in [0, 0.05) is 25.5 Å². The Balaban J connectivity index is 1.86. The predicted octanol–water partition coefficient (Wildman–Crippen LogP) is 2.27. The summed E-state index contributed by atoms with van der Waals surface area (Å²) in [6.45, 7) is 2.78. The van der Waals surface area contributed by atoms with Crippen molar-refractivity contribution in [3.63, 3.8) is 0 Å². The lowest BCUT2D eigenvalue weighted by molar-refractivity contribution is -0.118. The third-order valence-corrected chi connectivity index (χ3v) is 6.63. The second kappa shape index (κ2) is 8.10. The topological polar surface area (TPSA) is 93.5 Å². The lowest BCUT2D eigenvalue weighted by Crippen LogP contribution is -2.35. The molecular formula is C18H24N4O4S. The monoisotopic (exact) mass is 392 g/mol. The molecule has 0 bridgehead atoms. The van der Waals surface area contributed by atoms with E-state index in [1.165, 1.54) is 23.5 Å². The van der Waals surface area contributed by atoms with Gasteiger partial charge in [-0.15, -0.1) is 0 Å².